The summed E-state index contributed by atoms with van der Waals surface area (Å²) < 4.78 is 0. The van der Waals surface area contributed by atoms with Crippen molar-refractivity contribution in [3.63, 3.8) is 0 Å². The number of benzene rings is 1. The van der Waals surface area contributed by atoms with Gasteiger partial charge in [0.05, 0.1) is 11.6 Å². The number of aryl methyl sites for hydroxylation is 1. The molecule has 1 saturated heterocycles. The third kappa shape index (κ3) is 3.72. The summed E-state index contributed by atoms with van der Waals surface area (Å²) in [6.07, 6.45) is 7.05. The highest BCUT2D eigenvalue weighted by Crippen LogP contribution is 2.39. The number of carbonyl (C=O) groups excluding carboxylic acids is 2. The highest BCUT2D eigenvalue weighted by molar-refractivity contribution is 6.46. The number of rotatable bonds is 5. The van der Waals surface area contributed by atoms with Gasteiger partial charge in [0.25, 0.3) is 11.7 Å². The molecule has 1 aliphatic rings. The number of aliphatic hydroxyl groups is 1. The van der Waals surface area contributed by atoms with E-state index in [1.165, 1.54) is 12.4 Å². The number of pyridine rings is 2. The molecule has 0 aliphatic carbocycles. The van der Waals surface area contributed by atoms with Crippen LogP contribution >= 0.6 is 0 Å². The lowest BCUT2D eigenvalue weighted by Crippen LogP contribution is -2.31. The zero-order valence-corrected chi connectivity index (χ0v) is 16.5. The molecule has 3 aromatic rings. The maximum absolute atomic E-state index is 13.0. The molecule has 1 amide bonds. The third-order valence-corrected chi connectivity index (χ3v) is 5.28. The van der Waals surface area contributed by atoms with Crippen molar-refractivity contribution in [2.24, 2.45) is 0 Å². The Hall–Kier alpha value is -3.80. The normalized spacial score (nSPS) is 18.0. The van der Waals surface area contributed by atoms with Crippen molar-refractivity contribution in [1.29, 1.82) is 0 Å². The van der Waals surface area contributed by atoms with E-state index in [0.717, 1.165) is 16.7 Å². The number of aliphatic hydroxyl groups excluding tert-OH is 1. The lowest BCUT2D eigenvalue weighted by Gasteiger charge is -2.25. The quantitative estimate of drug-likeness (QED) is 0.404. The Bertz CT molecular complexity index is 1090. The van der Waals surface area contributed by atoms with E-state index in [0.29, 0.717) is 18.5 Å². The van der Waals surface area contributed by atoms with Crippen molar-refractivity contribution >= 4 is 17.4 Å². The number of amides is 1. The molecule has 1 N–H and O–H groups in total. The van der Waals surface area contributed by atoms with Crippen molar-refractivity contribution in [2.45, 2.75) is 19.4 Å². The van der Waals surface area contributed by atoms with Crippen LogP contribution in [-0.2, 0) is 16.0 Å². The summed E-state index contributed by atoms with van der Waals surface area (Å²) in [5, 5.41) is 10.9. The van der Waals surface area contributed by atoms with Crippen molar-refractivity contribution in [3.8, 4) is 0 Å². The van der Waals surface area contributed by atoms with Crippen LogP contribution in [0.15, 0.2) is 78.9 Å². The standard InChI is InChI=1S/C24H21N3O3/c1-16-2-4-18(5-3-16)21-20(22(28)19-8-13-26-14-9-19)23(29)24(30)27(21)15-10-17-6-11-25-12-7-17/h2-9,11-14,21,28H,10,15H2,1H3/b22-20+. The fourth-order valence-corrected chi connectivity index (χ4v) is 3.67. The van der Waals surface area contributed by atoms with Crippen molar-refractivity contribution in [2.75, 3.05) is 6.54 Å². The molecule has 1 atom stereocenters. The van der Waals surface area contributed by atoms with E-state index in [2.05, 4.69) is 9.97 Å². The first kappa shape index (κ1) is 19.5. The van der Waals surface area contributed by atoms with Crippen LogP contribution in [0, 0.1) is 6.92 Å². The van der Waals surface area contributed by atoms with E-state index in [4.69, 9.17) is 0 Å². The number of hydrogen-bond acceptors (Lipinski definition) is 5. The summed E-state index contributed by atoms with van der Waals surface area (Å²) in [4.78, 5) is 35.4. The average Bonchev–Trinajstić information content (AvgIpc) is 3.04. The monoisotopic (exact) mass is 399 g/mol. The van der Waals surface area contributed by atoms with Gasteiger partial charge in [-0.3, -0.25) is 19.6 Å². The second-order valence-corrected chi connectivity index (χ2v) is 7.24. The summed E-state index contributed by atoms with van der Waals surface area (Å²) in [6, 6.07) is 14.0. The maximum atomic E-state index is 13.0. The van der Waals surface area contributed by atoms with Gasteiger partial charge >= 0.3 is 0 Å². The largest absolute Gasteiger partial charge is 0.507 e. The maximum Gasteiger partial charge on any atom is 0.295 e. The van der Waals surface area contributed by atoms with Gasteiger partial charge in [0.2, 0.25) is 0 Å². The number of nitrogens with zero attached hydrogens (tertiary/aromatic N) is 3. The molecule has 6 heteroatoms. The Balaban J connectivity index is 1.78. The number of likely N-dealkylation sites (tertiary alicyclic amines) is 1. The second kappa shape index (κ2) is 8.29. The van der Waals surface area contributed by atoms with E-state index < -0.39 is 17.7 Å². The van der Waals surface area contributed by atoms with Gasteiger partial charge in [0.1, 0.15) is 5.76 Å². The first-order chi connectivity index (χ1) is 14.6. The molecule has 30 heavy (non-hydrogen) atoms. The van der Waals surface area contributed by atoms with Gasteiger partial charge in [-0.1, -0.05) is 29.8 Å². The molecule has 6 nitrogen and oxygen atoms in total. The van der Waals surface area contributed by atoms with Gasteiger partial charge in [-0.2, -0.15) is 0 Å². The number of Topliss-reactive ketones (excluding diaryl/α,β-unsaturated/α-hetero) is 1. The van der Waals surface area contributed by atoms with Gasteiger partial charge < -0.3 is 10.0 Å². The summed E-state index contributed by atoms with van der Waals surface area (Å²) in [5.74, 6) is -1.47. The fraction of sp³-hybridized carbons (Fsp3) is 0.167. The Morgan fingerprint density at radius 2 is 1.53 bits per heavy atom. The summed E-state index contributed by atoms with van der Waals surface area (Å²) in [7, 11) is 0. The van der Waals surface area contributed by atoms with Gasteiger partial charge in [0, 0.05) is 36.9 Å². The molecular weight excluding hydrogens is 378 g/mol. The smallest absolute Gasteiger partial charge is 0.295 e. The Labute approximate surface area is 174 Å². The first-order valence-corrected chi connectivity index (χ1v) is 9.70. The minimum absolute atomic E-state index is 0.102. The van der Waals surface area contributed by atoms with E-state index in [1.807, 2.05) is 43.3 Å². The van der Waals surface area contributed by atoms with Gasteiger partial charge in [0.15, 0.2) is 0 Å². The number of aromatic nitrogens is 2. The van der Waals surface area contributed by atoms with Crippen molar-refractivity contribution in [1.82, 2.24) is 14.9 Å². The van der Waals surface area contributed by atoms with Crippen LogP contribution in [0.5, 0.6) is 0 Å². The van der Waals surface area contributed by atoms with Gasteiger partial charge in [-0.05, 0) is 48.7 Å². The molecule has 0 radical (unpaired) electrons. The molecule has 1 aromatic carbocycles. The lowest BCUT2D eigenvalue weighted by molar-refractivity contribution is -0.139. The molecule has 3 heterocycles. The zero-order valence-electron chi connectivity index (χ0n) is 16.5. The second-order valence-electron chi connectivity index (χ2n) is 7.24. The molecule has 0 bridgehead atoms. The van der Waals surface area contributed by atoms with Crippen LogP contribution in [0.25, 0.3) is 5.76 Å². The molecule has 1 aliphatic heterocycles. The van der Waals surface area contributed by atoms with Crippen LogP contribution in [0.1, 0.15) is 28.3 Å². The molecule has 0 saturated carbocycles. The molecule has 0 spiro atoms. The molecule has 4 rings (SSSR count). The van der Waals surface area contributed by atoms with Crippen LogP contribution in [0.3, 0.4) is 0 Å². The molecule has 1 unspecified atom stereocenters. The Morgan fingerprint density at radius 1 is 0.933 bits per heavy atom. The van der Waals surface area contributed by atoms with E-state index in [-0.39, 0.29) is 11.3 Å². The highest BCUT2D eigenvalue weighted by Gasteiger charge is 2.45. The summed E-state index contributed by atoms with van der Waals surface area (Å²) in [5.41, 5.74) is 3.43. The predicted octanol–water partition coefficient (Wildman–Crippen LogP) is 3.45. The van der Waals surface area contributed by atoms with Gasteiger partial charge in [-0.15, -0.1) is 0 Å². The van der Waals surface area contributed by atoms with E-state index in [9.17, 15) is 14.7 Å². The van der Waals surface area contributed by atoms with Crippen molar-refractivity contribution < 1.29 is 14.7 Å². The molecular formula is C24H21N3O3. The topological polar surface area (TPSA) is 83.4 Å². The van der Waals surface area contributed by atoms with Crippen molar-refractivity contribution in [3.05, 3.63) is 101 Å². The van der Waals surface area contributed by atoms with Crippen LogP contribution in [0.4, 0.5) is 0 Å². The minimum atomic E-state index is -0.676. The Morgan fingerprint density at radius 3 is 2.17 bits per heavy atom. The highest BCUT2D eigenvalue weighted by atomic mass is 16.3. The molecule has 2 aromatic heterocycles. The van der Waals surface area contributed by atoms with Crippen LogP contribution < -0.4 is 0 Å². The Kier molecular flexibility index (Phi) is 5.39. The van der Waals surface area contributed by atoms with E-state index in [1.54, 1.807) is 29.4 Å². The fourth-order valence-electron chi connectivity index (χ4n) is 3.67. The van der Waals surface area contributed by atoms with Gasteiger partial charge in [-0.25, -0.2) is 0 Å². The average molecular weight is 399 g/mol. The molecule has 150 valence electrons. The SMILES string of the molecule is Cc1ccc(C2/C(=C(\O)c3ccncc3)C(=O)C(=O)N2CCc2ccncc2)cc1. The minimum Gasteiger partial charge on any atom is -0.507 e. The number of carbonyl (C=O) groups is 2. The number of ketones is 1. The lowest BCUT2D eigenvalue weighted by atomic mass is 9.95. The first-order valence-electron chi connectivity index (χ1n) is 9.70. The van der Waals surface area contributed by atoms with E-state index >= 15 is 0 Å². The predicted molar refractivity (Wildman–Crippen MR) is 112 cm³/mol. The summed E-state index contributed by atoms with van der Waals surface area (Å²) in [6.45, 7) is 2.32. The van der Waals surface area contributed by atoms with Crippen LogP contribution in [-0.4, -0.2) is 38.2 Å². The van der Waals surface area contributed by atoms with Crippen LogP contribution in [0.2, 0.25) is 0 Å². The molecule has 1 fully saturated rings. The number of hydrogen-bond donors (Lipinski definition) is 1. The summed E-state index contributed by atoms with van der Waals surface area (Å²) >= 11 is 0. The third-order valence-electron chi connectivity index (χ3n) is 5.28. The zero-order chi connectivity index (χ0) is 21.1.